The highest BCUT2D eigenvalue weighted by molar-refractivity contribution is 5.86. The monoisotopic (exact) mass is 383 g/mol. The summed E-state index contributed by atoms with van der Waals surface area (Å²) >= 11 is 0. The van der Waals surface area contributed by atoms with Gasteiger partial charge in [-0.1, -0.05) is 32.4 Å². The van der Waals surface area contributed by atoms with E-state index in [0.717, 1.165) is 38.0 Å². The van der Waals surface area contributed by atoms with Crippen LogP contribution in [-0.4, -0.2) is 50.7 Å². The van der Waals surface area contributed by atoms with Crippen LogP contribution in [0.1, 0.15) is 61.3 Å². The predicted molar refractivity (Wildman–Crippen MR) is 108 cm³/mol. The molecule has 2 heterocycles. The van der Waals surface area contributed by atoms with Gasteiger partial charge in [-0.25, -0.2) is 14.8 Å². The Morgan fingerprint density at radius 2 is 1.93 bits per heavy atom. The Hall–Kier alpha value is -2.47. The van der Waals surface area contributed by atoms with Gasteiger partial charge in [-0.3, -0.25) is 0 Å². The Morgan fingerprint density at radius 1 is 1.25 bits per heavy atom. The summed E-state index contributed by atoms with van der Waals surface area (Å²) in [7, 11) is 0. The number of aromatic carboxylic acids is 1. The lowest BCUT2D eigenvalue weighted by Gasteiger charge is -2.42. The highest BCUT2D eigenvalue weighted by Crippen LogP contribution is 2.41. The number of carboxylic acids is 1. The third-order valence-corrected chi connectivity index (χ3v) is 5.79. The van der Waals surface area contributed by atoms with Crippen LogP contribution in [0.3, 0.4) is 0 Å². The highest BCUT2D eigenvalue weighted by Gasteiger charge is 2.40. The zero-order valence-corrected chi connectivity index (χ0v) is 16.6. The number of hydrogen-bond acceptors (Lipinski definition) is 5. The molecule has 1 unspecified atom stereocenters. The maximum absolute atomic E-state index is 11.2. The minimum Gasteiger partial charge on any atom is -0.508 e. The van der Waals surface area contributed by atoms with Gasteiger partial charge < -0.3 is 15.1 Å². The Kier molecular flexibility index (Phi) is 6.29. The number of phenolic OH excluding ortho intramolecular Hbond substituents is 1. The van der Waals surface area contributed by atoms with Gasteiger partial charge in [-0.2, -0.15) is 0 Å². The first-order valence-electron chi connectivity index (χ1n) is 10.0. The summed E-state index contributed by atoms with van der Waals surface area (Å²) in [6, 6.07) is 7.29. The van der Waals surface area contributed by atoms with Gasteiger partial charge in [0.25, 0.3) is 0 Å². The van der Waals surface area contributed by atoms with E-state index in [4.69, 9.17) is 5.11 Å². The van der Waals surface area contributed by atoms with Crippen LogP contribution >= 0.6 is 0 Å². The van der Waals surface area contributed by atoms with E-state index in [-0.39, 0.29) is 11.3 Å². The molecule has 0 spiro atoms. The zero-order chi connectivity index (χ0) is 20.1. The fraction of sp³-hybridized carbons (Fsp3) is 0.500. The van der Waals surface area contributed by atoms with E-state index in [0.29, 0.717) is 11.7 Å². The molecular formula is C22H29N3O3. The van der Waals surface area contributed by atoms with Gasteiger partial charge >= 0.3 is 5.97 Å². The predicted octanol–water partition coefficient (Wildman–Crippen LogP) is 3.70. The minimum absolute atomic E-state index is 0.0839. The second kappa shape index (κ2) is 8.69. The van der Waals surface area contributed by atoms with Crippen LogP contribution in [0.4, 0.5) is 0 Å². The van der Waals surface area contributed by atoms with Crippen LogP contribution in [0, 0.1) is 5.92 Å². The van der Waals surface area contributed by atoms with Gasteiger partial charge in [0, 0.05) is 18.9 Å². The Labute approximate surface area is 166 Å². The molecular weight excluding hydrogens is 354 g/mol. The van der Waals surface area contributed by atoms with Gasteiger partial charge in [-0.15, -0.1) is 0 Å². The SMILES string of the molecule is CCCC(C)CN1CCC(c2cccc(O)c2)(c2ncc(C(=O)O)cn2)CC1. The van der Waals surface area contributed by atoms with Crippen molar-refractivity contribution in [3.63, 3.8) is 0 Å². The average Bonchev–Trinajstić information content (AvgIpc) is 2.69. The van der Waals surface area contributed by atoms with Gasteiger partial charge in [0.05, 0.1) is 11.0 Å². The second-order valence-electron chi connectivity index (χ2n) is 7.93. The molecule has 6 heteroatoms. The van der Waals surface area contributed by atoms with E-state index in [1.54, 1.807) is 12.1 Å². The molecule has 1 fully saturated rings. The van der Waals surface area contributed by atoms with Crippen LogP contribution in [-0.2, 0) is 5.41 Å². The molecule has 0 radical (unpaired) electrons. The van der Waals surface area contributed by atoms with Crippen molar-refractivity contribution >= 4 is 5.97 Å². The molecule has 6 nitrogen and oxygen atoms in total. The van der Waals surface area contributed by atoms with Crippen molar-refractivity contribution in [3.05, 3.63) is 53.6 Å². The summed E-state index contributed by atoms with van der Waals surface area (Å²) < 4.78 is 0. The smallest absolute Gasteiger partial charge is 0.338 e. The van der Waals surface area contributed by atoms with Crippen molar-refractivity contribution in [3.8, 4) is 5.75 Å². The quantitative estimate of drug-likeness (QED) is 0.758. The Morgan fingerprint density at radius 3 is 2.50 bits per heavy atom. The highest BCUT2D eigenvalue weighted by atomic mass is 16.4. The molecule has 1 aliphatic rings. The number of rotatable bonds is 7. The van der Waals surface area contributed by atoms with E-state index in [1.807, 2.05) is 12.1 Å². The molecule has 0 saturated carbocycles. The molecule has 2 aromatic rings. The lowest BCUT2D eigenvalue weighted by atomic mass is 9.71. The second-order valence-corrected chi connectivity index (χ2v) is 7.93. The third-order valence-electron chi connectivity index (χ3n) is 5.79. The summed E-state index contributed by atoms with van der Waals surface area (Å²) in [5.74, 6) is 0.490. The minimum atomic E-state index is -1.03. The van der Waals surface area contributed by atoms with Crippen LogP contribution in [0.25, 0.3) is 0 Å². The molecule has 0 bridgehead atoms. The molecule has 0 amide bonds. The molecule has 1 aromatic heterocycles. The van der Waals surface area contributed by atoms with Crippen molar-refractivity contribution in [2.45, 2.75) is 44.9 Å². The topological polar surface area (TPSA) is 86.5 Å². The molecule has 150 valence electrons. The first kappa shape index (κ1) is 20.3. The molecule has 28 heavy (non-hydrogen) atoms. The van der Waals surface area contributed by atoms with Crippen molar-refractivity contribution in [2.24, 2.45) is 5.92 Å². The Balaban J connectivity index is 1.88. The molecule has 3 rings (SSSR count). The lowest BCUT2D eigenvalue weighted by molar-refractivity contribution is 0.0695. The van der Waals surface area contributed by atoms with Gasteiger partial charge in [0.15, 0.2) is 0 Å². The molecule has 1 aromatic carbocycles. The number of nitrogens with zero attached hydrogens (tertiary/aromatic N) is 3. The van der Waals surface area contributed by atoms with Gasteiger partial charge in [-0.05, 0) is 56.0 Å². The average molecular weight is 383 g/mol. The molecule has 0 aliphatic carbocycles. The number of hydrogen-bond donors (Lipinski definition) is 2. The number of phenols is 1. The Bertz CT molecular complexity index is 799. The summed E-state index contributed by atoms with van der Waals surface area (Å²) in [5, 5.41) is 19.2. The van der Waals surface area contributed by atoms with E-state index in [1.165, 1.54) is 25.2 Å². The molecule has 1 aliphatic heterocycles. The first-order chi connectivity index (χ1) is 13.4. The normalized spacial score (nSPS) is 17.9. The van der Waals surface area contributed by atoms with Crippen LogP contribution in [0.5, 0.6) is 5.75 Å². The number of likely N-dealkylation sites (tertiary alicyclic amines) is 1. The van der Waals surface area contributed by atoms with E-state index in [9.17, 15) is 9.90 Å². The van der Waals surface area contributed by atoms with Crippen LogP contribution < -0.4 is 0 Å². The van der Waals surface area contributed by atoms with Crippen LogP contribution in [0.15, 0.2) is 36.7 Å². The van der Waals surface area contributed by atoms with Crippen LogP contribution in [0.2, 0.25) is 0 Å². The van der Waals surface area contributed by atoms with E-state index in [2.05, 4.69) is 28.7 Å². The van der Waals surface area contributed by atoms with E-state index < -0.39 is 11.4 Å². The number of carboxylic acid groups (broad SMARTS) is 1. The molecule has 2 N–H and O–H groups in total. The van der Waals surface area contributed by atoms with Crippen molar-refractivity contribution < 1.29 is 15.0 Å². The summed E-state index contributed by atoms with van der Waals surface area (Å²) in [6.07, 6.45) is 6.86. The van der Waals surface area contributed by atoms with E-state index >= 15 is 0 Å². The number of piperidine rings is 1. The number of benzene rings is 1. The maximum Gasteiger partial charge on any atom is 0.338 e. The summed E-state index contributed by atoms with van der Waals surface area (Å²) in [6.45, 7) is 7.45. The summed E-state index contributed by atoms with van der Waals surface area (Å²) in [4.78, 5) is 22.5. The fourth-order valence-corrected chi connectivity index (χ4v) is 4.27. The third kappa shape index (κ3) is 4.33. The zero-order valence-electron chi connectivity index (χ0n) is 16.6. The lowest BCUT2D eigenvalue weighted by Crippen LogP contribution is -2.45. The number of aromatic hydroxyl groups is 1. The molecule has 1 atom stereocenters. The first-order valence-corrected chi connectivity index (χ1v) is 10.0. The van der Waals surface area contributed by atoms with Gasteiger partial charge in [0.2, 0.25) is 0 Å². The van der Waals surface area contributed by atoms with Crippen molar-refractivity contribution in [2.75, 3.05) is 19.6 Å². The molecule has 1 saturated heterocycles. The standard InChI is InChI=1S/C22H29N3O3/c1-3-5-16(2)15-25-10-8-22(9-11-25,18-6-4-7-19(26)12-18)21-23-13-17(14-24-21)20(27)28/h4,6-7,12-14,16,26H,3,5,8-11,15H2,1-2H3,(H,27,28). The van der Waals surface area contributed by atoms with Crippen molar-refractivity contribution in [1.29, 1.82) is 0 Å². The number of aromatic nitrogens is 2. The maximum atomic E-state index is 11.2. The number of carbonyl (C=O) groups is 1. The van der Waals surface area contributed by atoms with Gasteiger partial charge in [0.1, 0.15) is 11.6 Å². The largest absolute Gasteiger partial charge is 0.508 e. The van der Waals surface area contributed by atoms with Crippen molar-refractivity contribution in [1.82, 2.24) is 14.9 Å². The fourth-order valence-electron chi connectivity index (χ4n) is 4.27. The summed E-state index contributed by atoms with van der Waals surface area (Å²) in [5.41, 5.74) is 0.651.